The van der Waals surface area contributed by atoms with Crippen molar-refractivity contribution in [2.75, 3.05) is 27.4 Å². The van der Waals surface area contributed by atoms with Crippen LogP contribution in [0.3, 0.4) is 0 Å². The Morgan fingerprint density at radius 2 is 0.933 bits per heavy atom. The van der Waals surface area contributed by atoms with E-state index in [1.807, 2.05) is 0 Å². The number of hydrogen-bond donors (Lipinski definition) is 0. The van der Waals surface area contributed by atoms with Crippen LogP contribution in [0.25, 0.3) is 21.5 Å². The van der Waals surface area contributed by atoms with Gasteiger partial charge in [0.05, 0.1) is 13.2 Å². The maximum absolute atomic E-state index is 5.59. The standard InChI is InChI=1S/C28H28O2/c1-29-19-27(17-21-11-13-23-7-3-5-9-25(23)15-21)28(20-30-2)18-22-12-14-24-8-4-6-10-26(24)16-22/h3-16H,17-20H2,1-2H3/b28-27-. The molecule has 0 unspecified atom stereocenters. The van der Waals surface area contributed by atoms with E-state index in [1.165, 1.54) is 43.8 Å². The second-order valence-corrected chi connectivity index (χ2v) is 7.79. The lowest BCUT2D eigenvalue weighted by atomic mass is 9.94. The van der Waals surface area contributed by atoms with E-state index in [9.17, 15) is 0 Å². The van der Waals surface area contributed by atoms with E-state index in [4.69, 9.17) is 9.47 Å². The summed E-state index contributed by atoms with van der Waals surface area (Å²) < 4.78 is 11.2. The highest BCUT2D eigenvalue weighted by atomic mass is 16.5. The zero-order chi connectivity index (χ0) is 20.8. The van der Waals surface area contributed by atoms with Crippen LogP contribution in [0.1, 0.15) is 11.1 Å². The lowest BCUT2D eigenvalue weighted by Crippen LogP contribution is -2.09. The van der Waals surface area contributed by atoms with Crippen molar-refractivity contribution < 1.29 is 9.47 Å². The van der Waals surface area contributed by atoms with Crippen molar-refractivity contribution in [1.82, 2.24) is 0 Å². The molecule has 4 aromatic rings. The Bertz CT molecular complexity index is 1080. The smallest absolute Gasteiger partial charge is 0.0679 e. The van der Waals surface area contributed by atoms with Gasteiger partial charge in [-0.25, -0.2) is 0 Å². The first-order valence-corrected chi connectivity index (χ1v) is 10.4. The second kappa shape index (κ2) is 9.71. The van der Waals surface area contributed by atoms with E-state index < -0.39 is 0 Å². The van der Waals surface area contributed by atoms with Gasteiger partial charge in [0.2, 0.25) is 0 Å². The molecular weight excluding hydrogens is 368 g/mol. The van der Waals surface area contributed by atoms with E-state index in [-0.39, 0.29) is 0 Å². The summed E-state index contributed by atoms with van der Waals surface area (Å²) in [6.45, 7) is 1.22. The molecular formula is C28H28O2. The lowest BCUT2D eigenvalue weighted by Gasteiger charge is -2.16. The van der Waals surface area contributed by atoms with Crippen LogP contribution in [0.4, 0.5) is 0 Å². The van der Waals surface area contributed by atoms with Crippen LogP contribution in [0.5, 0.6) is 0 Å². The van der Waals surface area contributed by atoms with Gasteiger partial charge in [0.1, 0.15) is 0 Å². The largest absolute Gasteiger partial charge is 0.380 e. The predicted molar refractivity (Wildman–Crippen MR) is 126 cm³/mol. The Morgan fingerprint density at radius 1 is 0.533 bits per heavy atom. The van der Waals surface area contributed by atoms with Gasteiger partial charge in [-0.1, -0.05) is 84.9 Å². The van der Waals surface area contributed by atoms with Crippen LogP contribution in [0.2, 0.25) is 0 Å². The van der Waals surface area contributed by atoms with Crippen molar-refractivity contribution >= 4 is 21.5 Å². The molecule has 0 aliphatic heterocycles. The first-order chi connectivity index (χ1) is 14.8. The molecule has 2 nitrogen and oxygen atoms in total. The topological polar surface area (TPSA) is 18.5 Å². The molecule has 0 radical (unpaired) electrons. The van der Waals surface area contributed by atoms with E-state index in [1.54, 1.807) is 14.2 Å². The fourth-order valence-corrected chi connectivity index (χ4v) is 4.09. The van der Waals surface area contributed by atoms with Crippen LogP contribution in [-0.2, 0) is 22.3 Å². The zero-order valence-corrected chi connectivity index (χ0v) is 17.7. The molecule has 0 bridgehead atoms. The average Bonchev–Trinajstić information content (AvgIpc) is 2.78. The summed E-state index contributed by atoms with van der Waals surface area (Å²) in [5.41, 5.74) is 5.19. The molecule has 0 heterocycles. The molecule has 0 amide bonds. The lowest BCUT2D eigenvalue weighted by molar-refractivity contribution is 0.208. The van der Waals surface area contributed by atoms with E-state index in [0.717, 1.165) is 12.8 Å². The molecule has 0 aliphatic carbocycles. The van der Waals surface area contributed by atoms with Crippen LogP contribution < -0.4 is 0 Å². The predicted octanol–water partition coefficient (Wildman–Crippen LogP) is 6.37. The normalized spacial score (nSPS) is 12.3. The number of fused-ring (bicyclic) bond motifs is 2. The van der Waals surface area contributed by atoms with Crippen molar-refractivity contribution in [2.24, 2.45) is 0 Å². The quantitative estimate of drug-likeness (QED) is 0.322. The van der Waals surface area contributed by atoms with Gasteiger partial charge in [-0.3, -0.25) is 0 Å². The van der Waals surface area contributed by atoms with Gasteiger partial charge in [0, 0.05) is 14.2 Å². The monoisotopic (exact) mass is 396 g/mol. The minimum absolute atomic E-state index is 0.610. The molecule has 30 heavy (non-hydrogen) atoms. The number of benzene rings is 4. The van der Waals surface area contributed by atoms with Crippen LogP contribution in [0, 0.1) is 0 Å². The average molecular weight is 397 g/mol. The van der Waals surface area contributed by atoms with Gasteiger partial charge < -0.3 is 9.47 Å². The molecule has 0 atom stereocenters. The van der Waals surface area contributed by atoms with Gasteiger partial charge in [-0.05, 0) is 56.7 Å². The number of ether oxygens (including phenoxy) is 2. The van der Waals surface area contributed by atoms with Crippen molar-refractivity contribution in [2.45, 2.75) is 12.8 Å². The van der Waals surface area contributed by atoms with E-state index >= 15 is 0 Å². The van der Waals surface area contributed by atoms with Crippen LogP contribution in [-0.4, -0.2) is 27.4 Å². The van der Waals surface area contributed by atoms with Crippen molar-refractivity contribution in [3.8, 4) is 0 Å². The van der Waals surface area contributed by atoms with Gasteiger partial charge in [-0.15, -0.1) is 0 Å². The molecule has 0 N–H and O–H groups in total. The Balaban J connectivity index is 1.66. The van der Waals surface area contributed by atoms with Crippen molar-refractivity contribution in [3.05, 3.63) is 107 Å². The fourth-order valence-electron chi connectivity index (χ4n) is 4.09. The molecule has 0 saturated heterocycles. The molecule has 0 aromatic heterocycles. The summed E-state index contributed by atoms with van der Waals surface area (Å²) >= 11 is 0. The third kappa shape index (κ3) is 4.79. The first kappa shape index (κ1) is 20.3. The molecule has 152 valence electrons. The summed E-state index contributed by atoms with van der Waals surface area (Å²) in [6, 6.07) is 30.4. The molecule has 0 aliphatic rings. The number of rotatable bonds is 8. The third-order valence-corrected chi connectivity index (χ3v) is 5.60. The van der Waals surface area contributed by atoms with E-state index in [2.05, 4.69) is 84.9 Å². The van der Waals surface area contributed by atoms with Gasteiger partial charge in [-0.2, -0.15) is 0 Å². The zero-order valence-electron chi connectivity index (χ0n) is 17.7. The first-order valence-electron chi connectivity index (χ1n) is 10.4. The van der Waals surface area contributed by atoms with Crippen LogP contribution in [0.15, 0.2) is 96.1 Å². The minimum atomic E-state index is 0.610. The highest BCUT2D eigenvalue weighted by Crippen LogP contribution is 2.23. The Kier molecular flexibility index (Phi) is 6.58. The summed E-state index contributed by atoms with van der Waals surface area (Å²) in [6.07, 6.45) is 1.73. The summed E-state index contributed by atoms with van der Waals surface area (Å²) in [5.74, 6) is 0. The van der Waals surface area contributed by atoms with Gasteiger partial charge >= 0.3 is 0 Å². The summed E-state index contributed by atoms with van der Waals surface area (Å²) in [5, 5.41) is 5.09. The van der Waals surface area contributed by atoms with E-state index in [0.29, 0.717) is 13.2 Å². The van der Waals surface area contributed by atoms with Crippen molar-refractivity contribution in [3.63, 3.8) is 0 Å². The SMILES string of the molecule is COC/C(Cc1ccc2ccccc2c1)=C(\COC)Cc1ccc2ccccc2c1. The van der Waals surface area contributed by atoms with Crippen molar-refractivity contribution in [1.29, 1.82) is 0 Å². The fraction of sp³-hybridized carbons (Fsp3) is 0.214. The highest BCUT2D eigenvalue weighted by molar-refractivity contribution is 5.83. The third-order valence-electron chi connectivity index (χ3n) is 5.60. The van der Waals surface area contributed by atoms with Gasteiger partial charge in [0.15, 0.2) is 0 Å². The molecule has 4 rings (SSSR count). The minimum Gasteiger partial charge on any atom is -0.380 e. The van der Waals surface area contributed by atoms with Crippen LogP contribution >= 0.6 is 0 Å². The molecule has 4 aromatic carbocycles. The maximum atomic E-state index is 5.59. The molecule has 0 spiro atoms. The highest BCUT2D eigenvalue weighted by Gasteiger charge is 2.11. The molecule has 2 heteroatoms. The second-order valence-electron chi connectivity index (χ2n) is 7.79. The Hall–Kier alpha value is -2.94. The summed E-state index contributed by atoms with van der Waals surface area (Å²) in [4.78, 5) is 0. The Morgan fingerprint density at radius 3 is 1.33 bits per heavy atom. The molecule has 0 saturated carbocycles. The Labute approximate surface area is 178 Å². The number of methoxy groups -OCH3 is 2. The maximum Gasteiger partial charge on any atom is 0.0679 e. The van der Waals surface area contributed by atoms with Gasteiger partial charge in [0.25, 0.3) is 0 Å². The summed E-state index contributed by atoms with van der Waals surface area (Å²) in [7, 11) is 3.53. The number of hydrogen-bond acceptors (Lipinski definition) is 2. The molecule has 0 fully saturated rings.